The lowest BCUT2D eigenvalue weighted by atomic mass is 9.85. The molecule has 0 aromatic rings. The Labute approximate surface area is 115 Å². The van der Waals surface area contributed by atoms with Crippen molar-refractivity contribution < 1.29 is 14.7 Å². The van der Waals surface area contributed by atoms with Crippen molar-refractivity contribution in [2.75, 3.05) is 7.05 Å². The highest BCUT2D eigenvalue weighted by Crippen LogP contribution is 2.38. The van der Waals surface area contributed by atoms with Crippen LogP contribution < -0.4 is 5.32 Å². The van der Waals surface area contributed by atoms with Gasteiger partial charge in [0.2, 0.25) is 0 Å². The third kappa shape index (κ3) is 3.19. The van der Waals surface area contributed by atoms with Crippen LogP contribution in [0.1, 0.15) is 47.0 Å². The Bertz CT molecular complexity index is 357. The van der Waals surface area contributed by atoms with E-state index in [1.807, 2.05) is 6.92 Å². The molecule has 5 nitrogen and oxygen atoms in total. The molecule has 19 heavy (non-hydrogen) atoms. The minimum atomic E-state index is -0.836. The summed E-state index contributed by atoms with van der Waals surface area (Å²) in [5, 5.41) is 12.2. The van der Waals surface area contributed by atoms with E-state index < -0.39 is 11.4 Å². The second kappa shape index (κ2) is 5.80. The monoisotopic (exact) mass is 270 g/mol. The second-order valence-corrected chi connectivity index (χ2v) is 6.21. The number of rotatable bonds is 4. The number of carboxylic acid groups (broad SMARTS) is 1. The van der Waals surface area contributed by atoms with Gasteiger partial charge in [-0.25, -0.2) is 4.79 Å². The normalized spacial score (nSPS) is 28.2. The Balaban J connectivity index is 2.69. The maximum absolute atomic E-state index is 12.2. The highest BCUT2D eigenvalue weighted by atomic mass is 16.4. The molecule has 3 unspecified atom stereocenters. The van der Waals surface area contributed by atoms with Crippen molar-refractivity contribution >= 4 is 12.0 Å². The van der Waals surface area contributed by atoms with Crippen molar-refractivity contribution in [3.63, 3.8) is 0 Å². The van der Waals surface area contributed by atoms with Gasteiger partial charge in [-0.3, -0.25) is 4.79 Å². The summed E-state index contributed by atoms with van der Waals surface area (Å²) in [6.07, 6.45) is 2.20. The SMILES string of the molecule is CC(C)C(C)N(C)C(=O)NC1CCCC1(C)C(=O)O. The minimum Gasteiger partial charge on any atom is -0.481 e. The highest BCUT2D eigenvalue weighted by molar-refractivity contribution is 5.79. The summed E-state index contributed by atoms with van der Waals surface area (Å²) in [6.45, 7) is 7.84. The van der Waals surface area contributed by atoms with Crippen LogP contribution in [0, 0.1) is 11.3 Å². The van der Waals surface area contributed by atoms with Crippen molar-refractivity contribution in [1.29, 1.82) is 0 Å². The zero-order valence-electron chi connectivity index (χ0n) is 12.6. The first-order chi connectivity index (χ1) is 8.70. The number of nitrogens with one attached hydrogen (secondary N) is 1. The lowest BCUT2D eigenvalue weighted by Gasteiger charge is -2.33. The van der Waals surface area contributed by atoms with E-state index in [9.17, 15) is 14.7 Å². The molecule has 1 aliphatic rings. The van der Waals surface area contributed by atoms with Crippen molar-refractivity contribution in [1.82, 2.24) is 10.2 Å². The molecule has 0 heterocycles. The van der Waals surface area contributed by atoms with Crippen LogP contribution in [0.5, 0.6) is 0 Å². The average molecular weight is 270 g/mol. The largest absolute Gasteiger partial charge is 0.481 e. The number of carbonyl (C=O) groups is 2. The number of hydrogen-bond acceptors (Lipinski definition) is 2. The van der Waals surface area contributed by atoms with E-state index in [-0.39, 0.29) is 18.1 Å². The molecule has 0 radical (unpaired) electrons. The van der Waals surface area contributed by atoms with E-state index in [2.05, 4.69) is 19.2 Å². The van der Waals surface area contributed by atoms with Gasteiger partial charge in [-0.1, -0.05) is 20.3 Å². The van der Waals surface area contributed by atoms with Gasteiger partial charge < -0.3 is 15.3 Å². The Hall–Kier alpha value is -1.26. The van der Waals surface area contributed by atoms with E-state index in [1.165, 1.54) is 0 Å². The number of urea groups is 1. The lowest BCUT2D eigenvalue weighted by Crippen LogP contribution is -2.52. The van der Waals surface area contributed by atoms with Gasteiger partial charge in [-0.05, 0) is 32.6 Å². The van der Waals surface area contributed by atoms with Gasteiger partial charge in [0.25, 0.3) is 0 Å². The first-order valence-corrected chi connectivity index (χ1v) is 6.97. The number of aliphatic carboxylic acids is 1. The average Bonchev–Trinajstić information content (AvgIpc) is 2.70. The standard InChI is InChI=1S/C14H26N2O3/c1-9(2)10(3)16(5)13(19)15-11-7-6-8-14(11,4)12(17)18/h9-11H,6-8H2,1-5H3,(H,15,19)(H,17,18). The molecule has 0 bridgehead atoms. The fraction of sp³-hybridized carbons (Fsp3) is 0.857. The minimum absolute atomic E-state index is 0.123. The number of amides is 2. The van der Waals surface area contributed by atoms with Gasteiger partial charge in [0, 0.05) is 19.1 Å². The van der Waals surface area contributed by atoms with Crippen LogP contribution >= 0.6 is 0 Å². The molecular formula is C14H26N2O3. The summed E-state index contributed by atoms with van der Waals surface area (Å²) < 4.78 is 0. The predicted octanol–water partition coefficient (Wildman–Crippen LogP) is 2.32. The zero-order valence-corrected chi connectivity index (χ0v) is 12.6. The maximum atomic E-state index is 12.2. The molecule has 0 aliphatic heterocycles. The predicted molar refractivity (Wildman–Crippen MR) is 74.0 cm³/mol. The van der Waals surface area contributed by atoms with Crippen LogP contribution in [0.25, 0.3) is 0 Å². The zero-order chi connectivity index (χ0) is 14.8. The highest BCUT2D eigenvalue weighted by Gasteiger charge is 2.46. The van der Waals surface area contributed by atoms with Crippen LogP contribution in [0.3, 0.4) is 0 Å². The van der Waals surface area contributed by atoms with Crippen molar-refractivity contribution in [3.05, 3.63) is 0 Å². The molecule has 1 fully saturated rings. The number of nitrogens with zero attached hydrogens (tertiary/aromatic N) is 1. The van der Waals surface area contributed by atoms with E-state index in [0.29, 0.717) is 12.3 Å². The Morgan fingerprint density at radius 1 is 1.37 bits per heavy atom. The molecule has 0 aromatic heterocycles. The van der Waals surface area contributed by atoms with E-state index in [1.54, 1.807) is 18.9 Å². The van der Waals surface area contributed by atoms with E-state index in [4.69, 9.17) is 0 Å². The molecule has 1 saturated carbocycles. The quantitative estimate of drug-likeness (QED) is 0.823. The molecule has 1 rings (SSSR count). The van der Waals surface area contributed by atoms with E-state index >= 15 is 0 Å². The van der Waals surface area contributed by atoms with Gasteiger partial charge in [-0.2, -0.15) is 0 Å². The molecule has 3 atom stereocenters. The van der Waals surface area contributed by atoms with Crippen molar-refractivity contribution in [3.8, 4) is 0 Å². The molecule has 2 N–H and O–H groups in total. The Morgan fingerprint density at radius 2 is 1.95 bits per heavy atom. The summed E-state index contributed by atoms with van der Waals surface area (Å²) in [5.74, 6) is -0.458. The second-order valence-electron chi connectivity index (χ2n) is 6.21. The molecule has 2 amide bonds. The van der Waals surface area contributed by atoms with Crippen molar-refractivity contribution in [2.24, 2.45) is 11.3 Å². The van der Waals surface area contributed by atoms with Gasteiger partial charge in [0.1, 0.15) is 0 Å². The molecule has 0 saturated heterocycles. The summed E-state index contributed by atoms with van der Waals surface area (Å²) in [4.78, 5) is 25.2. The smallest absolute Gasteiger partial charge is 0.317 e. The van der Waals surface area contributed by atoms with Gasteiger partial charge in [-0.15, -0.1) is 0 Å². The molecule has 0 aromatic carbocycles. The Kier molecular flexibility index (Phi) is 4.82. The van der Waals surface area contributed by atoms with E-state index in [0.717, 1.165) is 12.8 Å². The fourth-order valence-electron chi connectivity index (χ4n) is 2.54. The molecular weight excluding hydrogens is 244 g/mol. The third-order valence-electron chi connectivity index (χ3n) is 4.64. The number of carboxylic acids is 1. The first-order valence-electron chi connectivity index (χ1n) is 6.97. The Morgan fingerprint density at radius 3 is 2.42 bits per heavy atom. The maximum Gasteiger partial charge on any atom is 0.317 e. The number of carbonyl (C=O) groups excluding carboxylic acids is 1. The van der Waals surface area contributed by atoms with Crippen LogP contribution in [-0.2, 0) is 4.79 Å². The molecule has 5 heteroatoms. The summed E-state index contributed by atoms with van der Waals surface area (Å²) >= 11 is 0. The summed E-state index contributed by atoms with van der Waals surface area (Å²) in [6, 6.07) is -0.336. The summed E-state index contributed by atoms with van der Waals surface area (Å²) in [7, 11) is 1.76. The topological polar surface area (TPSA) is 69.6 Å². The lowest BCUT2D eigenvalue weighted by molar-refractivity contribution is -0.148. The summed E-state index contributed by atoms with van der Waals surface area (Å²) in [5.41, 5.74) is -0.836. The van der Waals surface area contributed by atoms with Crippen LogP contribution in [0.2, 0.25) is 0 Å². The van der Waals surface area contributed by atoms with Crippen molar-refractivity contribution in [2.45, 2.75) is 59.0 Å². The van der Waals surface area contributed by atoms with Crippen LogP contribution in [0.4, 0.5) is 4.79 Å². The number of hydrogen-bond donors (Lipinski definition) is 2. The fourth-order valence-corrected chi connectivity index (χ4v) is 2.54. The molecule has 110 valence electrons. The van der Waals surface area contributed by atoms with Gasteiger partial charge in [0.15, 0.2) is 0 Å². The first kappa shape index (κ1) is 15.8. The van der Waals surface area contributed by atoms with Crippen LogP contribution in [-0.4, -0.2) is 41.1 Å². The molecule has 1 aliphatic carbocycles. The van der Waals surface area contributed by atoms with Gasteiger partial charge >= 0.3 is 12.0 Å². The third-order valence-corrected chi connectivity index (χ3v) is 4.64. The van der Waals surface area contributed by atoms with Gasteiger partial charge in [0.05, 0.1) is 5.41 Å². The molecule has 0 spiro atoms. The van der Waals surface area contributed by atoms with Crippen LogP contribution in [0.15, 0.2) is 0 Å².